The predicted molar refractivity (Wildman–Crippen MR) is 78.9 cm³/mol. The molecule has 0 spiro atoms. The largest absolute Gasteiger partial charge is 0.364 e. The van der Waals surface area contributed by atoms with Crippen molar-refractivity contribution in [2.24, 2.45) is 5.73 Å². The summed E-state index contributed by atoms with van der Waals surface area (Å²) in [5, 5.41) is 0.784. The highest BCUT2D eigenvalue weighted by Gasteiger charge is 2.36. The molecule has 1 aliphatic carbocycles. The number of nitrogens with two attached hydrogens (primary N) is 1. The first-order valence-corrected chi connectivity index (χ1v) is 7.05. The van der Waals surface area contributed by atoms with Crippen molar-refractivity contribution in [1.82, 2.24) is 4.98 Å². The van der Waals surface area contributed by atoms with E-state index in [1.807, 2.05) is 30.3 Å². The summed E-state index contributed by atoms with van der Waals surface area (Å²) >= 11 is 6.28. The molecule has 1 heterocycles. The van der Waals surface area contributed by atoms with Crippen LogP contribution < -0.4 is 5.73 Å². The van der Waals surface area contributed by atoms with Gasteiger partial charge in [0, 0.05) is 11.2 Å². The highest BCUT2D eigenvalue weighted by molar-refractivity contribution is 6.31. The molecule has 3 rings (SSSR count). The third kappa shape index (κ3) is 2.18. The van der Waals surface area contributed by atoms with Crippen molar-refractivity contribution >= 4 is 17.5 Å². The molecule has 1 amide bonds. The minimum atomic E-state index is -0.467. The van der Waals surface area contributed by atoms with Crippen LogP contribution in [0.3, 0.4) is 0 Å². The second kappa shape index (κ2) is 5.25. The van der Waals surface area contributed by atoms with E-state index in [-0.39, 0.29) is 5.92 Å². The number of nitrogens with zero attached hydrogens (tertiary/aromatic N) is 1. The number of aromatic nitrogens is 1. The van der Waals surface area contributed by atoms with Crippen molar-refractivity contribution in [1.29, 1.82) is 0 Å². The minimum Gasteiger partial charge on any atom is -0.364 e. The van der Waals surface area contributed by atoms with Gasteiger partial charge < -0.3 is 5.73 Å². The molecule has 1 saturated carbocycles. The first-order valence-electron chi connectivity index (χ1n) is 6.67. The Morgan fingerprint density at radius 3 is 2.40 bits per heavy atom. The lowest BCUT2D eigenvalue weighted by Gasteiger charge is -2.38. The molecule has 1 aromatic heterocycles. The molecule has 1 aliphatic rings. The third-order valence-corrected chi connectivity index (χ3v) is 4.40. The fraction of sp³-hybridized carbons (Fsp3) is 0.250. The Labute approximate surface area is 122 Å². The lowest BCUT2D eigenvalue weighted by Crippen LogP contribution is -2.26. The number of carbonyl (C=O) groups is 1. The first-order chi connectivity index (χ1) is 9.68. The summed E-state index contributed by atoms with van der Waals surface area (Å²) in [4.78, 5) is 15.6. The number of benzene rings is 1. The number of hydrogen-bond donors (Lipinski definition) is 1. The number of rotatable bonds is 3. The van der Waals surface area contributed by atoms with Crippen LogP contribution in [0.25, 0.3) is 0 Å². The van der Waals surface area contributed by atoms with Crippen LogP contribution in [0.15, 0.2) is 42.6 Å². The van der Waals surface area contributed by atoms with Crippen LogP contribution in [0.4, 0.5) is 0 Å². The first kappa shape index (κ1) is 13.1. The van der Waals surface area contributed by atoms with E-state index in [2.05, 4.69) is 11.1 Å². The fourth-order valence-corrected chi connectivity index (χ4v) is 3.22. The van der Waals surface area contributed by atoms with Gasteiger partial charge >= 0.3 is 0 Å². The molecular weight excluding hydrogens is 272 g/mol. The smallest absolute Gasteiger partial charge is 0.267 e. The maximum absolute atomic E-state index is 11.5. The molecule has 0 saturated heterocycles. The number of pyridine rings is 1. The van der Waals surface area contributed by atoms with Crippen molar-refractivity contribution in [2.75, 3.05) is 0 Å². The zero-order valence-corrected chi connectivity index (χ0v) is 11.7. The highest BCUT2D eigenvalue weighted by atomic mass is 35.5. The molecule has 2 unspecified atom stereocenters. The predicted octanol–water partition coefficient (Wildman–Crippen LogP) is 3.50. The van der Waals surface area contributed by atoms with Crippen LogP contribution in [-0.2, 0) is 0 Å². The summed E-state index contributed by atoms with van der Waals surface area (Å²) in [7, 11) is 0. The van der Waals surface area contributed by atoms with Gasteiger partial charge in [-0.05, 0) is 47.9 Å². The number of hydrogen-bond acceptors (Lipinski definition) is 2. The summed E-state index contributed by atoms with van der Waals surface area (Å²) in [5.74, 6) is 0.141. The monoisotopic (exact) mass is 286 g/mol. The number of carbonyl (C=O) groups excluding carboxylic acids is 1. The van der Waals surface area contributed by atoms with Gasteiger partial charge in [-0.25, -0.2) is 0 Å². The summed E-state index contributed by atoms with van der Waals surface area (Å²) in [5.41, 5.74) is 7.89. The van der Waals surface area contributed by atoms with E-state index < -0.39 is 5.91 Å². The molecule has 2 atom stereocenters. The van der Waals surface area contributed by atoms with Gasteiger partial charge in [-0.2, -0.15) is 0 Å². The zero-order valence-electron chi connectivity index (χ0n) is 10.9. The maximum atomic E-state index is 11.5. The van der Waals surface area contributed by atoms with Gasteiger partial charge in [0.2, 0.25) is 0 Å². The van der Waals surface area contributed by atoms with Crippen molar-refractivity contribution in [2.45, 2.75) is 24.7 Å². The van der Waals surface area contributed by atoms with E-state index in [1.165, 1.54) is 0 Å². The van der Waals surface area contributed by atoms with E-state index >= 15 is 0 Å². The molecule has 0 radical (unpaired) electrons. The van der Waals surface area contributed by atoms with Crippen molar-refractivity contribution in [3.63, 3.8) is 0 Å². The molecular formula is C16H15ClN2O. The second-order valence-corrected chi connectivity index (χ2v) is 5.52. The second-order valence-electron chi connectivity index (χ2n) is 5.12. The van der Waals surface area contributed by atoms with Crippen LogP contribution in [0.1, 0.15) is 46.3 Å². The zero-order chi connectivity index (χ0) is 14.1. The van der Waals surface area contributed by atoms with Gasteiger partial charge in [0.05, 0.1) is 0 Å². The number of primary amides is 1. The Morgan fingerprint density at radius 2 is 1.75 bits per heavy atom. The third-order valence-electron chi connectivity index (χ3n) is 4.05. The van der Waals surface area contributed by atoms with E-state index in [0.717, 1.165) is 29.0 Å². The van der Waals surface area contributed by atoms with Gasteiger partial charge in [-0.15, -0.1) is 0 Å². The Bertz CT molecular complexity index is 656. The van der Waals surface area contributed by atoms with E-state index in [4.69, 9.17) is 17.3 Å². The molecule has 2 aromatic rings. The SMILES string of the molecule is NC(=O)c1ncccc1C1CCC1c1ccccc1Cl. The summed E-state index contributed by atoms with van der Waals surface area (Å²) < 4.78 is 0. The average Bonchev–Trinajstić information content (AvgIpc) is 2.40. The van der Waals surface area contributed by atoms with Gasteiger partial charge in [0.25, 0.3) is 5.91 Å². The lowest BCUT2D eigenvalue weighted by atomic mass is 9.66. The lowest BCUT2D eigenvalue weighted by molar-refractivity contribution is 0.0993. The molecule has 1 fully saturated rings. The van der Waals surface area contributed by atoms with Crippen molar-refractivity contribution in [3.05, 3.63) is 64.4 Å². The topological polar surface area (TPSA) is 56.0 Å². The maximum Gasteiger partial charge on any atom is 0.267 e. The summed E-state index contributed by atoms with van der Waals surface area (Å²) in [6, 6.07) is 11.7. The molecule has 102 valence electrons. The van der Waals surface area contributed by atoms with Gasteiger partial charge in [-0.3, -0.25) is 9.78 Å². The van der Waals surface area contributed by atoms with E-state index in [9.17, 15) is 4.79 Å². The van der Waals surface area contributed by atoms with Crippen LogP contribution in [0.5, 0.6) is 0 Å². The summed E-state index contributed by atoms with van der Waals surface area (Å²) in [6.07, 6.45) is 3.70. The summed E-state index contributed by atoms with van der Waals surface area (Å²) in [6.45, 7) is 0. The van der Waals surface area contributed by atoms with Gasteiger partial charge in [0.15, 0.2) is 0 Å². The van der Waals surface area contributed by atoms with E-state index in [1.54, 1.807) is 6.20 Å². The fourth-order valence-electron chi connectivity index (χ4n) is 2.94. The van der Waals surface area contributed by atoms with Crippen molar-refractivity contribution in [3.8, 4) is 0 Å². The Kier molecular flexibility index (Phi) is 3.45. The van der Waals surface area contributed by atoms with Gasteiger partial charge in [-0.1, -0.05) is 35.9 Å². The molecule has 0 aliphatic heterocycles. The molecule has 2 N–H and O–H groups in total. The molecule has 1 aromatic carbocycles. The van der Waals surface area contributed by atoms with Crippen LogP contribution in [0.2, 0.25) is 5.02 Å². The Morgan fingerprint density at radius 1 is 1.10 bits per heavy atom. The average molecular weight is 287 g/mol. The normalized spacial score (nSPS) is 21.2. The van der Waals surface area contributed by atoms with Crippen LogP contribution in [0, 0.1) is 0 Å². The van der Waals surface area contributed by atoms with Crippen molar-refractivity contribution < 1.29 is 4.79 Å². The van der Waals surface area contributed by atoms with Gasteiger partial charge in [0.1, 0.15) is 5.69 Å². The molecule has 0 bridgehead atoms. The van der Waals surface area contributed by atoms with Crippen LogP contribution >= 0.6 is 11.6 Å². The quantitative estimate of drug-likeness (QED) is 0.939. The molecule has 3 nitrogen and oxygen atoms in total. The number of halogens is 1. The Hall–Kier alpha value is -1.87. The standard InChI is InChI=1S/C16H15ClN2O/c17-14-6-2-1-4-12(14)10-7-8-11(10)13-5-3-9-19-15(13)16(18)20/h1-6,9-11H,7-8H2,(H2,18,20). The highest BCUT2D eigenvalue weighted by Crippen LogP contribution is 2.51. The van der Waals surface area contributed by atoms with Crippen LogP contribution in [-0.4, -0.2) is 10.9 Å². The molecule has 20 heavy (non-hydrogen) atoms. The molecule has 4 heteroatoms. The Balaban J connectivity index is 1.97. The minimum absolute atomic E-state index is 0.270. The van der Waals surface area contributed by atoms with E-state index in [0.29, 0.717) is 11.6 Å². The number of amides is 1.